The van der Waals surface area contributed by atoms with E-state index in [0.29, 0.717) is 26.3 Å². The number of benzene rings is 2. The highest BCUT2D eigenvalue weighted by Gasteiger charge is 2.07. The molecular weight excluding hydrogens is 373 g/mol. The Labute approximate surface area is 154 Å². The maximum absolute atomic E-state index is 11.7. The topological polar surface area (TPSA) is 55.4 Å². The molecule has 0 saturated carbocycles. The summed E-state index contributed by atoms with van der Waals surface area (Å²) < 4.78 is 4.85. The molecule has 0 aliphatic rings. The van der Waals surface area contributed by atoms with Crippen molar-refractivity contribution in [3.63, 3.8) is 0 Å². The molecule has 0 heterocycles. The molecule has 4 nitrogen and oxygen atoms in total. The molecule has 2 rings (SSSR count). The normalized spacial score (nSPS) is 10.6. The molecule has 0 aliphatic carbocycles. The molecular formula is C17H12Cl3NO3. The fourth-order valence-electron chi connectivity index (χ4n) is 1.71. The van der Waals surface area contributed by atoms with Crippen LogP contribution in [-0.4, -0.2) is 18.5 Å². The molecule has 0 aliphatic heterocycles. The lowest BCUT2D eigenvalue weighted by Gasteiger charge is -2.06. The highest BCUT2D eigenvalue weighted by atomic mass is 35.5. The van der Waals surface area contributed by atoms with Crippen LogP contribution in [0.4, 0.5) is 5.69 Å². The van der Waals surface area contributed by atoms with Gasteiger partial charge in [0.2, 0.25) is 0 Å². The monoisotopic (exact) mass is 383 g/mol. The van der Waals surface area contributed by atoms with E-state index in [2.05, 4.69) is 5.32 Å². The summed E-state index contributed by atoms with van der Waals surface area (Å²) in [5.41, 5.74) is 1.13. The summed E-state index contributed by atoms with van der Waals surface area (Å²) in [5.74, 6) is -1.14. The minimum Gasteiger partial charge on any atom is -0.452 e. The number of hydrogen-bond acceptors (Lipinski definition) is 3. The number of carbonyl (C=O) groups is 2. The van der Waals surface area contributed by atoms with E-state index in [4.69, 9.17) is 39.5 Å². The number of anilines is 1. The van der Waals surface area contributed by atoms with E-state index in [-0.39, 0.29) is 0 Å². The van der Waals surface area contributed by atoms with E-state index in [1.54, 1.807) is 42.5 Å². The maximum Gasteiger partial charge on any atom is 0.331 e. The van der Waals surface area contributed by atoms with E-state index >= 15 is 0 Å². The van der Waals surface area contributed by atoms with Gasteiger partial charge in [0.25, 0.3) is 5.91 Å². The first-order valence-corrected chi connectivity index (χ1v) is 7.93. The van der Waals surface area contributed by atoms with Crippen molar-refractivity contribution in [3.8, 4) is 0 Å². The Morgan fingerprint density at radius 2 is 1.75 bits per heavy atom. The average molecular weight is 385 g/mol. The molecule has 2 aromatic carbocycles. The predicted octanol–water partition coefficient (Wildman–Crippen LogP) is 4.84. The lowest BCUT2D eigenvalue weighted by atomic mass is 10.2. The number of amides is 1. The van der Waals surface area contributed by atoms with Crippen LogP contribution in [-0.2, 0) is 14.3 Å². The molecule has 24 heavy (non-hydrogen) atoms. The smallest absolute Gasteiger partial charge is 0.331 e. The Balaban J connectivity index is 1.84. The first-order valence-electron chi connectivity index (χ1n) is 6.80. The van der Waals surface area contributed by atoms with Crippen LogP contribution in [0, 0.1) is 0 Å². The molecule has 0 aromatic heterocycles. The summed E-state index contributed by atoms with van der Waals surface area (Å²) in [5, 5.41) is 3.75. The summed E-state index contributed by atoms with van der Waals surface area (Å²) in [6.45, 7) is -0.421. The molecule has 0 bridgehead atoms. The maximum atomic E-state index is 11.7. The molecule has 1 N–H and O–H groups in total. The number of ether oxygens (including phenoxy) is 1. The van der Waals surface area contributed by atoms with E-state index in [0.717, 1.165) is 0 Å². The van der Waals surface area contributed by atoms with Crippen molar-refractivity contribution in [1.29, 1.82) is 0 Å². The van der Waals surface area contributed by atoms with E-state index in [1.807, 2.05) is 0 Å². The summed E-state index contributed by atoms with van der Waals surface area (Å²) >= 11 is 17.6. The highest BCUT2D eigenvalue weighted by molar-refractivity contribution is 6.42. The van der Waals surface area contributed by atoms with Gasteiger partial charge in [-0.25, -0.2) is 4.79 Å². The number of nitrogens with one attached hydrogen (secondary N) is 1. The van der Waals surface area contributed by atoms with Crippen LogP contribution in [0.25, 0.3) is 6.08 Å². The van der Waals surface area contributed by atoms with Crippen molar-refractivity contribution >= 4 is 58.4 Å². The number of rotatable bonds is 5. The lowest BCUT2D eigenvalue weighted by Crippen LogP contribution is -2.20. The van der Waals surface area contributed by atoms with Crippen molar-refractivity contribution in [3.05, 3.63) is 69.2 Å². The Morgan fingerprint density at radius 3 is 2.46 bits per heavy atom. The van der Waals surface area contributed by atoms with Gasteiger partial charge in [-0.15, -0.1) is 0 Å². The molecule has 2 aromatic rings. The van der Waals surface area contributed by atoms with Crippen LogP contribution in [0.1, 0.15) is 5.56 Å². The molecule has 124 valence electrons. The third-order valence-electron chi connectivity index (χ3n) is 2.85. The van der Waals surface area contributed by atoms with Crippen molar-refractivity contribution < 1.29 is 14.3 Å². The third-order valence-corrected chi connectivity index (χ3v) is 3.92. The Bertz CT molecular complexity index is 790. The molecule has 0 fully saturated rings. The van der Waals surface area contributed by atoms with E-state index in [9.17, 15) is 9.59 Å². The third kappa shape index (κ3) is 5.57. The van der Waals surface area contributed by atoms with Gasteiger partial charge in [-0.05, 0) is 35.9 Å². The minimum absolute atomic E-state index is 0.381. The van der Waals surface area contributed by atoms with Crippen molar-refractivity contribution in [1.82, 2.24) is 0 Å². The van der Waals surface area contributed by atoms with Crippen LogP contribution in [0.3, 0.4) is 0 Å². The van der Waals surface area contributed by atoms with Gasteiger partial charge in [0.15, 0.2) is 6.61 Å². The Morgan fingerprint density at radius 1 is 1.00 bits per heavy atom. The van der Waals surface area contributed by atoms with Gasteiger partial charge in [-0.2, -0.15) is 0 Å². The van der Waals surface area contributed by atoms with Crippen LogP contribution in [0.5, 0.6) is 0 Å². The average Bonchev–Trinajstić information content (AvgIpc) is 2.56. The summed E-state index contributed by atoms with van der Waals surface area (Å²) in [7, 11) is 0. The van der Waals surface area contributed by atoms with Gasteiger partial charge in [-0.3, -0.25) is 4.79 Å². The quantitative estimate of drug-likeness (QED) is 0.592. The molecule has 0 saturated heterocycles. The predicted molar refractivity (Wildman–Crippen MR) is 96.5 cm³/mol. The molecule has 0 atom stereocenters. The molecule has 0 spiro atoms. The minimum atomic E-state index is -0.657. The number of carbonyl (C=O) groups excluding carboxylic acids is 2. The van der Waals surface area contributed by atoms with Crippen LogP contribution >= 0.6 is 34.8 Å². The Hall–Kier alpha value is -2.01. The van der Waals surface area contributed by atoms with Crippen LogP contribution in [0.15, 0.2) is 48.5 Å². The van der Waals surface area contributed by atoms with Gasteiger partial charge in [0.1, 0.15) is 0 Å². The Kier molecular flexibility index (Phi) is 6.67. The summed E-state index contributed by atoms with van der Waals surface area (Å²) in [4.78, 5) is 23.3. The summed E-state index contributed by atoms with van der Waals surface area (Å²) in [6.07, 6.45) is 2.71. The zero-order chi connectivity index (χ0) is 17.5. The second-order valence-electron chi connectivity index (χ2n) is 4.64. The van der Waals surface area contributed by atoms with Crippen molar-refractivity contribution in [2.24, 2.45) is 0 Å². The van der Waals surface area contributed by atoms with Gasteiger partial charge in [0.05, 0.1) is 20.8 Å². The van der Waals surface area contributed by atoms with E-state index in [1.165, 1.54) is 12.2 Å². The standard InChI is InChI=1S/C17H12Cl3NO3/c18-12-7-5-11(9-14(12)20)6-8-17(23)24-10-16(22)21-15-4-2-1-3-13(15)19/h1-9H,10H2,(H,21,22)/b8-6+. The number of para-hydroxylation sites is 1. The van der Waals surface area contributed by atoms with Gasteiger partial charge >= 0.3 is 5.97 Å². The molecule has 7 heteroatoms. The second kappa shape index (κ2) is 8.73. The van der Waals surface area contributed by atoms with E-state index < -0.39 is 18.5 Å². The highest BCUT2D eigenvalue weighted by Crippen LogP contribution is 2.23. The first-order chi connectivity index (χ1) is 11.5. The molecule has 0 unspecified atom stereocenters. The van der Waals surface area contributed by atoms with Gasteiger partial charge in [-0.1, -0.05) is 53.0 Å². The van der Waals surface area contributed by atoms with Gasteiger partial charge < -0.3 is 10.1 Å². The van der Waals surface area contributed by atoms with Crippen molar-refractivity contribution in [2.45, 2.75) is 0 Å². The second-order valence-corrected chi connectivity index (χ2v) is 5.86. The largest absolute Gasteiger partial charge is 0.452 e. The number of esters is 1. The molecule has 1 amide bonds. The number of hydrogen-bond donors (Lipinski definition) is 1. The van der Waals surface area contributed by atoms with Crippen molar-refractivity contribution in [2.75, 3.05) is 11.9 Å². The first kappa shape index (κ1) is 18.3. The summed E-state index contributed by atoms with van der Waals surface area (Å²) in [6, 6.07) is 11.7. The molecule has 0 radical (unpaired) electrons. The SMILES string of the molecule is O=C(COC(=O)/C=C/c1ccc(Cl)c(Cl)c1)Nc1ccccc1Cl. The lowest BCUT2D eigenvalue weighted by molar-refractivity contribution is -0.142. The fourth-order valence-corrected chi connectivity index (χ4v) is 2.20. The zero-order valence-electron chi connectivity index (χ0n) is 12.3. The fraction of sp³-hybridized carbons (Fsp3) is 0.0588. The number of halogens is 3. The van der Waals surface area contributed by atoms with Gasteiger partial charge in [0, 0.05) is 6.08 Å². The zero-order valence-corrected chi connectivity index (χ0v) is 14.5. The van der Waals surface area contributed by atoms with Crippen LogP contribution < -0.4 is 5.32 Å². The van der Waals surface area contributed by atoms with Crippen LogP contribution in [0.2, 0.25) is 15.1 Å².